The van der Waals surface area contributed by atoms with Crippen LogP contribution < -0.4 is 10.1 Å². The van der Waals surface area contributed by atoms with Crippen LogP contribution in [0.4, 0.5) is 0 Å². The number of aliphatic carboxylic acids is 2. The van der Waals surface area contributed by atoms with Crippen molar-refractivity contribution < 1.29 is 29.6 Å². The Morgan fingerprint density at radius 1 is 1.03 bits per heavy atom. The number of nitrogens with zero attached hydrogens (tertiary/aromatic N) is 1. The van der Waals surface area contributed by atoms with Crippen LogP contribution in [-0.4, -0.2) is 70.5 Å². The topological polar surface area (TPSA) is 119 Å². The fourth-order valence-electron chi connectivity index (χ4n) is 3.55. The van der Waals surface area contributed by atoms with E-state index in [-0.39, 0.29) is 0 Å². The molecule has 0 saturated carbocycles. The van der Waals surface area contributed by atoms with E-state index in [1.807, 2.05) is 18.2 Å². The van der Waals surface area contributed by atoms with Gasteiger partial charge in [-0.25, -0.2) is 9.59 Å². The summed E-state index contributed by atoms with van der Waals surface area (Å²) in [5.74, 6) is -2.81. The van der Waals surface area contributed by atoms with Crippen LogP contribution >= 0.6 is 0 Å². The molecule has 1 saturated heterocycles. The van der Waals surface area contributed by atoms with Crippen LogP contribution in [0.2, 0.25) is 0 Å². The molecule has 2 aromatic rings. The van der Waals surface area contributed by atoms with Gasteiger partial charge in [-0.2, -0.15) is 0 Å². The van der Waals surface area contributed by atoms with Crippen molar-refractivity contribution in [1.29, 1.82) is 0 Å². The van der Waals surface area contributed by atoms with E-state index in [9.17, 15) is 5.11 Å². The van der Waals surface area contributed by atoms with Gasteiger partial charge in [0, 0.05) is 19.1 Å². The molecule has 1 aliphatic rings. The Labute approximate surface area is 194 Å². The van der Waals surface area contributed by atoms with Crippen molar-refractivity contribution in [3.05, 3.63) is 65.7 Å². The number of aliphatic hydroxyl groups is 1. The molecule has 8 heteroatoms. The Hall–Kier alpha value is -2.94. The Bertz CT molecular complexity index is 841. The summed E-state index contributed by atoms with van der Waals surface area (Å²) in [6.07, 6.45) is 2.75. The van der Waals surface area contributed by atoms with E-state index in [0.29, 0.717) is 19.2 Å². The molecule has 0 aromatic heterocycles. The third kappa shape index (κ3) is 10.5. The summed E-state index contributed by atoms with van der Waals surface area (Å²) in [6.45, 7) is 6.26. The van der Waals surface area contributed by atoms with Crippen LogP contribution in [0.3, 0.4) is 0 Å². The van der Waals surface area contributed by atoms with Gasteiger partial charge in [0.15, 0.2) is 0 Å². The van der Waals surface area contributed by atoms with Crippen molar-refractivity contribution in [2.75, 3.05) is 26.2 Å². The number of carboxylic acids is 2. The largest absolute Gasteiger partial charge is 0.491 e. The van der Waals surface area contributed by atoms with Gasteiger partial charge in [-0.15, -0.1) is 0 Å². The maximum absolute atomic E-state index is 10.2. The van der Waals surface area contributed by atoms with Crippen molar-refractivity contribution in [3.8, 4) is 5.75 Å². The quantitative estimate of drug-likeness (QED) is 0.423. The average Bonchev–Trinajstić information content (AvgIpc) is 2.83. The normalized spacial score (nSPS) is 15.2. The molecular formula is C25H34N2O6. The van der Waals surface area contributed by atoms with Gasteiger partial charge in [-0.1, -0.05) is 49.4 Å². The van der Waals surface area contributed by atoms with Crippen LogP contribution in [0.15, 0.2) is 54.6 Å². The summed E-state index contributed by atoms with van der Waals surface area (Å²) in [5, 5.41) is 28.5. The lowest BCUT2D eigenvalue weighted by Gasteiger charge is -2.33. The van der Waals surface area contributed by atoms with Crippen molar-refractivity contribution in [1.82, 2.24) is 10.2 Å². The number of aryl methyl sites for hydroxylation is 1. The van der Waals surface area contributed by atoms with Crippen LogP contribution in [0.5, 0.6) is 5.75 Å². The smallest absolute Gasteiger partial charge is 0.414 e. The van der Waals surface area contributed by atoms with Gasteiger partial charge in [-0.3, -0.25) is 4.90 Å². The second-order valence-electron chi connectivity index (χ2n) is 8.02. The van der Waals surface area contributed by atoms with Crippen LogP contribution in [-0.2, 0) is 22.6 Å². The standard InChI is InChI=1S/C23H32N2O2.C2H2O4/c1-2-19-9-6-10-23(15-19)27-18-22(26)16-24-21-11-13-25(14-12-21)17-20-7-4-3-5-8-20;3-1(4)2(5)6/h3-10,15,21-22,24,26H,2,11-14,16-18H2,1H3;(H,3,4)(H,5,6). The number of benzene rings is 2. The van der Waals surface area contributed by atoms with E-state index < -0.39 is 18.0 Å². The molecular weight excluding hydrogens is 424 g/mol. The van der Waals surface area contributed by atoms with E-state index in [4.69, 9.17) is 24.5 Å². The predicted molar refractivity (Wildman–Crippen MR) is 125 cm³/mol. The molecule has 1 unspecified atom stereocenters. The molecule has 0 spiro atoms. The van der Waals surface area contributed by atoms with Crippen molar-refractivity contribution >= 4 is 11.9 Å². The second kappa shape index (κ2) is 14.3. The average molecular weight is 459 g/mol. The summed E-state index contributed by atoms with van der Waals surface area (Å²) >= 11 is 0. The molecule has 4 N–H and O–H groups in total. The molecule has 1 fully saturated rings. The van der Waals surface area contributed by atoms with Gasteiger partial charge in [0.1, 0.15) is 18.5 Å². The molecule has 2 aromatic carbocycles. The number of carbonyl (C=O) groups is 2. The third-order valence-corrected chi connectivity index (χ3v) is 5.41. The highest BCUT2D eigenvalue weighted by Gasteiger charge is 2.19. The van der Waals surface area contributed by atoms with E-state index in [1.54, 1.807) is 0 Å². The van der Waals surface area contributed by atoms with Crippen molar-refractivity contribution in [3.63, 3.8) is 0 Å². The minimum atomic E-state index is -1.82. The van der Waals surface area contributed by atoms with E-state index in [0.717, 1.165) is 44.6 Å². The molecule has 0 radical (unpaired) electrons. The fraction of sp³-hybridized carbons (Fsp3) is 0.440. The Balaban J connectivity index is 0.000000569. The first-order chi connectivity index (χ1) is 15.9. The Morgan fingerprint density at radius 2 is 1.67 bits per heavy atom. The molecule has 33 heavy (non-hydrogen) atoms. The predicted octanol–water partition coefficient (Wildman–Crippen LogP) is 2.40. The maximum Gasteiger partial charge on any atom is 0.414 e. The third-order valence-electron chi connectivity index (χ3n) is 5.41. The molecule has 180 valence electrons. The zero-order valence-corrected chi connectivity index (χ0v) is 19.0. The van der Waals surface area contributed by atoms with Gasteiger partial charge < -0.3 is 25.4 Å². The first-order valence-corrected chi connectivity index (χ1v) is 11.2. The van der Waals surface area contributed by atoms with Crippen molar-refractivity contribution in [2.24, 2.45) is 0 Å². The first-order valence-electron chi connectivity index (χ1n) is 11.2. The lowest BCUT2D eigenvalue weighted by molar-refractivity contribution is -0.159. The summed E-state index contributed by atoms with van der Waals surface area (Å²) in [7, 11) is 0. The summed E-state index contributed by atoms with van der Waals surface area (Å²) < 4.78 is 5.74. The molecule has 0 amide bonds. The van der Waals surface area contributed by atoms with E-state index >= 15 is 0 Å². The number of ether oxygens (including phenoxy) is 1. The number of rotatable bonds is 9. The van der Waals surface area contributed by atoms with Crippen molar-refractivity contribution in [2.45, 2.75) is 44.9 Å². The lowest BCUT2D eigenvalue weighted by Crippen LogP contribution is -2.45. The molecule has 1 atom stereocenters. The molecule has 8 nitrogen and oxygen atoms in total. The monoisotopic (exact) mass is 458 g/mol. The van der Waals surface area contributed by atoms with E-state index in [2.05, 4.69) is 53.5 Å². The number of piperidine rings is 1. The van der Waals surface area contributed by atoms with Crippen LogP contribution in [0, 0.1) is 0 Å². The molecule has 0 bridgehead atoms. The molecule has 3 rings (SSSR count). The molecule has 1 heterocycles. The summed E-state index contributed by atoms with van der Waals surface area (Å²) in [4.78, 5) is 20.7. The van der Waals surface area contributed by atoms with Crippen LogP contribution in [0.25, 0.3) is 0 Å². The van der Waals surface area contributed by atoms with Gasteiger partial charge in [0.05, 0.1) is 0 Å². The minimum absolute atomic E-state index is 0.326. The van der Waals surface area contributed by atoms with Gasteiger partial charge >= 0.3 is 11.9 Å². The number of hydrogen-bond acceptors (Lipinski definition) is 6. The zero-order valence-electron chi connectivity index (χ0n) is 19.0. The number of carboxylic acid groups (broad SMARTS) is 2. The Kier molecular flexibility index (Phi) is 11.4. The fourth-order valence-corrected chi connectivity index (χ4v) is 3.55. The first kappa shape index (κ1) is 26.3. The number of hydrogen-bond donors (Lipinski definition) is 4. The highest BCUT2D eigenvalue weighted by atomic mass is 16.5. The number of aliphatic hydroxyl groups excluding tert-OH is 1. The molecule has 1 aliphatic heterocycles. The molecule has 0 aliphatic carbocycles. The highest BCUT2D eigenvalue weighted by Crippen LogP contribution is 2.15. The van der Waals surface area contributed by atoms with Gasteiger partial charge in [0.2, 0.25) is 0 Å². The Morgan fingerprint density at radius 3 is 2.27 bits per heavy atom. The SMILES string of the molecule is CCc1cccc(OCC(O)CNC2CCN(Cc3ccccc3)CC2)c1.O=C(O)C(=O)O. The maximum atomic E-state index is 10.2. The van der Waals surface area contributed by atoms with Gasteiger partial charge in [-0.05, 0) is 55.6 Å². The van der Waals surface area contributed by atoms with Crippen LogP contribution in [0.1, 0.15) is 30.9 Å². The van der Waals surface area contributed by atoms with E-state index in [1.165, 1.54) is 11.1 Å². The lowest BCUT2D eigenvalue weighted by atomic mass is 10.0. The zero-order chi connectivity index (χ0) is 24.1. The summed E-state index contributed by atoms with van der Waals surface area (Å²) in [5.41, 5.74) is 2.63. The second-order valence-corrected chi connectivity index (χ2v) is 8.02. The minimum Gasteiger partial charge on any atom is -0.491 e. The highest BCUT2D eigenvalue weighted by molar-refractivity contribution is 6.27. The number of nitrogens with one attached hydrogen (secondary N) is 1. The number of likely N-dealkylation sites (tertiary alicyclic amines) is 1. The van der Waals surface area contributed by atoms with Gasteiger partial charge in [0.25, 0.3) is 0 Å². The summed E-state index contributed by atoms with van der Waals surface area (Å²) in [6, 6.07) is 19.2.